The molecule has 1 aliphatic rings. The molecule has 5 heteroatoms. The van der Waals surface area contributed by atoms with Crippen LogP contribution in [0.1, 0.15) is 49.4 Å². The van der Waals surface area contributed by atoms with E-state index in [4.69, 9.17) is 16.3 Å². The standard InChI is InChI=1S/C16H22ClNO3/c1-2-9-21-15-8-3-11(17)10-14(15)16(20)18-12-4-6-13(19)7-5-12/h3,8,10,12-13,19H,2,4-7,9H2,1H3,(H,18,20). The minimum atomic E-state index is -0.229. The fraction of sp³-hybridized carbons (Fsp3) is 0.562. The number of benzene rings is 1. The van der Waals surface area contributed by atoms with E-state index in [-0.39, 0.29) is 18.1 Å². The van der Waals surface area contributed by atoms with Crippen LogP contribution in [0.5, 0.6) is 5.75 Å². The quantitative estimate of drug-likeness (QED) is 0.878. The van der Waals surface area contributed by atoms with Crippen molar-refractivity contribution >= 4 is 17.5 Å². The van der Waals surface area contributed by atoms with Crippen molar-refractivity contribution in [1.82, 2.24) is 5.32 Å². The highest BCUT2D eigenvalue weighted by Crippen LogP contribution is 2.24. The minimum Gasteiger partial charge on any atom is -0.493 e. The molecular weight excluding hydrogens is 290 g/mol. The lowest BCUT2D eigenvalue weighted by molar-refractivity contribution is 0.0864. The van der Waals surface area contributed by atoms with Gasteiger partial charge in [0.2, 0.25) is 0 Å². The van der Waals surface area contributed by atoms with Gasteiger partial charge in [0.15, 0.2) is 0 Å². The van der Waals surface area contributed by atoms with E-state index in [2.05, 4.69) is 5.32 Å². The van der Waals surface area contributed by atoms with Crippen molar-refractivity contribution in [3.05, 3.63) is 28.8 Å². The molecule has 0 bridgehead atoms. The van der Waals surface area contributed by atoms with E-state index < -0.39 is 0 Å². The van der Waals surface area contributed by atoms with E-state index in [1.54, 1.807) is 18.2 Å². The number of carbonyl (C=O) groups excluding carboxylic acids is 1. The molecule has 116 valence electrons. The summed E-state index contributed by atoms with van der Waals surface area (Å²) < 4.78 is 5.61. The van der Waals surface area contributed by atoms with Gasteiger partial charge in [-0.05, 0) is 50.3 Å². The van der Waals surface area contributed by atoms with Crippen molar-refractivity contribution in [3.8, 4) is 5.75 Å². The molecule has 0 aromatic heterocycles. The van der Waals surface area contributed by atoms with Crippen LogP contribution >= 0.6 is 11.6 Å². The van der Waals surface area contributed by atoms with Gasteiger partial charge in [-0.1, -0.05) is 18.5 Å². The first-order valence-corrected chi connectivity index (χ1v) is 7.89. The molecule has 0 radical (unpaired) electrons. The maximum absolute atomic E-state index is 12.4. The third kappa shape index (κ3) is 4.61. The van der Waals surface area contributed by atoms with Crippen LogP contribution in [0, 0.1) is 0 Å². The molecule has 0 atom stereocenters. The average Bonchev–Trinajstić information content (AvgIpc) is 2.48. The molecule has 4 nitrogen and oxygen atoms in total. The van der Waals surface area contributed by atoms with E-state index >= 15 is 0 Å². The summed E-state index contributed by atoms with van der Waals surface area (Å²) in [7, 11) is 0. The SMILES string of the molecule is CCCOc1ccc(Cl)cc1C(=O)NC1CCC(O)CC1. The van der Waals surface area contributed by atoms with E-state index in [1.165, 1.54) is 0 Å². The molecule has 0 spiro atoms. The number of aliphatic hydroxyl groups is 1. The van der Waals surface area contributed by atoms with Crippen LogP contribution in [0.4, 0.5) is 0 Å². The van der Waals surface area contributed by atoms with E-state index in [0.717, 1.165) is 32.1 Å². The maximum atomic E-state index is 12.4. The van der Waals surface area contributed by atoms with Crippen LogP contribution < -0.4 is 10.1 Å². The van der Waals surface area contributed by atoms with E-state index in [0.29, 0.717) is 22.9 Å². The fourth-order valence-corrected chi connectivity index (χ4v) is 2.67. The van der Waals surface area contributed by atoms with Gasteiger partial charge in [0.1, 0.15) is 5.75 Å². The van der Waals surface area contributed by atoms with E-state index in [1.807, 2.05) is 6.92 Å². The lowest BCUT2D eigenvalue weighted by Gasteiger charge is -2.26. The van der Waals surface area contributed by atoms with Gasteiger partial charge in [0, 0.05) is 11.1 Å². The Hall–Kier alpha value is -1.26. The highest BCUT2D eigenvalue weighted by Gasteiger charge is 2.22. The lowest BCUT2D eigenvalue weighted by atomic mass is 9.93. The second-order valence-corrected chi connectivity index (χ2v) is 5.90. The predicted octanol–water partition coefficient (Wildman–Crippen LogP) is 3.16. The number of nitrogens with one attached hydrogen (secondary N) is 1. The van der Waals surface area contributed by atoms with Gasteiger partial charge in [-0.15, -0.1) is 0 Å². The smallest absolute Gasteiger partial charge is 0.255 e. The summed E-state index contributed by atoms with van der Waals surface area (Å²) >= 11 is 5.99. The lowest BCUT2D eigenvalue weighted by Crippen LogP contribution is -2.38. The molecule has 1 aromatic carbocycles. The number of hydrogen-bond donors (Lipinski definition) is 2. The summed E-state index contributed by atoms with van der Waals surface area (Å²) in [5.74, 6) is 0.402. The van der Waals surface area contributed by atoms with Crippen molar-refractivity contribution in [3.63, 3.8) is 0 Å². The van der Waals surface area contributed by atoms with Crippen molar-refractivity contribution in [2.75, 3.05) is 6.61 Å². The molecule has 2 rings (SSSR count). The number of hydrogen-bond acceptors (Lipinski definition) is 3. The molecule has 1 amide bonds. The van der Waals surface area contributed by atoms with Gasteiger partial charge in [0.05, 0.1) is 18.3 Å². The number of halogens is 1. The maximum Gasteiger partial charge on any atom is 0.255 e. The first-order valence-electron chi connectivity index (χ1n) is 7.51. The van der Waals surface area contributed by atoms with Gasteiger partial charge in [-0.25, -0.2) is 0 Å². The first-order chi connectivity index (χ1) is 10.1. The van der Waals surface area contributed by atoms with Crippen molar-refractivity contribution in [2.24, 2.45) is 0 Å². The second kappa shape index (κ2) is 7.66. The molecule has 1 aromatic rings. The summed E-state index contributed by atoms with van der Waals surface area (Å²) in [6, 6.07) is 5.20. The zero-order valence-electron chi connectivity index (χ0n) is 12.3. The van der Waals surface area contributed by atoms with Crippen molar-refractivity contribution < 1.29 is 14.6 Å². The third-order valence-electron chi connectivity index (χ3n) is 3.68. The van der Waals surface area contributed by atoms with Gasteiger partial charge < -0.3 is 15.2 Å². The number of ether oxygens (including phenoxy) is 1. The van der Waals surface area contributed by atoms with Crippen LogP contribution in [0.15, 0.2) is 18.2 Å². The van der Waals surface area contributed by atoms with Crippen LogP contribution in [0.25, 0.3) is 0 Å². The van der Waals surface area contributed by atoms with E-state index in [9.17, 15) is 9.90 Å². The molecular formula is C16H22ClNO3. The fourth-order valence-electron chi connectivity index (χ4n) is 2.50. The van der Waals surface area contributed by atoms with Gasteiger partial charge in [-0.3, -0.25) is 4.79 Å². The summed E-state index contributed by atoms with van der Waals surface area (Å²) in [5, 5.41) is 13.0. The number of aliphatic hydroxyl groups excluding tert-OH is 1. The zero-order chi connectivity index (χ0) is 15.2. The first kappa shape index (κ1) is 16.1. The molecule has 21 heavy (non-hydrogen) atoms. The largest absolute Gasteiger partial charge is 0.493 e. The zero-order valence-corrected chi connectivity index (χ0v) is 13.0. The number of rotatable bonds is 5. The van der Waals surface area contributed by atoms with Gasteiger partial charge in [0.25, 0.3) is 5.91 Å². The molecule has 0 aliphatic heterocycles. The molecule has 1 aliphatic carbocycles. The number of amides is 1. The van der Waals surface area contributed by atoms with Crippen molar-refractivity contribution in [1.29, 1.82) is 0 Å². The molecule has 1 saturated carbocycles. The molecule has 0 saturated heterocycles. The Balaban J connectivity index is 2.05. The Morgan fingerprint density at radius 1 is 1.38 bits per heavy atom. The average molecular weight is 312 g/mol. The Kier molecular flexibility index (Phi) is 5.88. The van der Waals surface area contributed by atoms with Crippen molar-refractivity contribution in [2.45, 2.75) is 51.2 Å². The minimum absolute atomic E-state index is 0.110. The van der Waals surface area contributed by atoms with Crippen LogP contribution in [0.3, 0.4) is 0 Å². The van der Waals surface area contributed by atoms with Gasteiger partial charge in [-0.2, -0.15) is 0 Å². The highest BCUT2D eigenvalue weighted by atomic mass is 35.5. The predicted molar refractivity (Wildman–Crippen MR) is 83.0 cm³/mol. The normalized spacial score (nSPS) is 21.9. The molecule has 0 unspecified atom stereocenters. The summed E-state index contributed by atoms with van der Waals surface area (Å²) in [6.07, 6.45) is 3.73. The summed E-state index contributed by atoms with van der Waals surface area (Å²) in [6.45, 7) is 2.58. The Bertz CT molecular complexity index is 484. The Morgan fingerprint density at radius 3 is 2.76 bits per heavy atom. The molecule has 2 N–H and O–H groups in total. The summed E-state index contributed by atoms with van der Waals surface area (Å²) in [5.41, 5.74) is 0.474. The van der Waals surface area contributed by atoms with Crippen LogP contribution in [0.2, 0.25) is 5.02 Å². The molecule has 1 fully saturated rings. The second-order valence-electron chi connectivity index (χ2n) is 5.47. The Labute approximate surface area is 130 Å². The van der Waals surface area contributed by atoms with Crippen LogP contribution in [-0.4, -0.2) is 29.8 Å². The highest BCUT2D eigenvalue weighted by molar-refractivity contribution is 6.31. The Morgan fingerprint density at radius 2 is 2.10 bits per heavy atom. The monoisotopic (exact) mass is 311 g/mol. The topological polar surface area (TPSA) is 58.6 Å². The third-order valence-corrected chi connectivity index (χ3v) is 3.91. The van der Waals surface area contributed by atoms with Crippen LogP contribution in [-0.2, 0) is 0 Å². The molecule has 0 heterocycles. The number of carbonyl (C=O) groups is 1. The van der Waals surface area contributed by atoms with Gasteiger partial charge >= 0.3 is 0 Å². The summed E-state index contributed by atoms with van der Waals surface area (Å²) in [4.78, 5) is 12.4.